The Balaban J connectivity index is 1.92. The van der Waals surface area contributed by atoms with E-state index in [1.807, 2.05) is 44.2 Å². The maximum absolute atomic E-state index is 12.1. The van der Waals surface area contributed by atoms with E-state index in [2.05, 4.69) is 25.6 Å². The Morgan fingerprint density at radius 2 is 2.00 bits per heavy atom. The van der Waals surface area contributed by atoms with Gasteiger partial charge in [0.25, 0.3) is 5.91 Å². The molecule has 0 fully saturated rings. The van der Waals surface area contributed by atoms with Gasteiger partial charge in [0.05, 0.1) is 11.2 Å². The molecule has 6 heteroatoms. The SMILES string of the molecule is CCCNC(=O)c1cc(C)nc(Nc2cccc3cccnc23)n1. The van der Waals surface area contributed by atoms with Gasteiger partial charge in [-0.15, -0.1) is 0 Å². The quantitative estimate of drug-likeness (QED) is 0.754. The van der Waals surface area contributed by atoms with E-state index in [4.69, 9.17) is 0 Å². The average molecular weight is 321 g/mol. The van der Waals surface area contributed by atoms with Crippen molar-refractivity contribution in [2.45, 2.75) is 20.3 Å². The van der Waals surface area contributed by atoms with Crippen LogP contribution in [0.15, 0.2) is 42.6 Å². The van der Waals surface area contributed by atoms with E-state index in [1.165, 1.54) is 0 Å². The Hall–Kier alpha value is -3.02. The van der Waals surface area contributed by atoms with Crippen molar-refractivity contribution in [3.63, 3.8) is 0 Å². The van der Waals surface area contributed by atoms with Crippen molar-refractivity contribution in [2.24, 2.45) is 0 Å². The molecule has 122 valence electrons. The summed E-state index contributed by atoms with van der Waals surface area (Å²) in [6, 6.07) is 11.4. The number of fused-ring (bicyclic) bond motifs is 1. The van der Waals surface area contributed by atoms with Crippen molar-refractivity contribution in [3.8, 4) is 0 Å². The van der Waals surface area contributed by atoms with Gasteiger partial charge < -0.3 is 10.6 Å². The minimum Gasteiger partial charge on any atom is -0.351 e. The van der Waals surface area contributed by atoms with Crippen LogP contribution in [0.2, 0.25) is 0 Å². The molecule has 2 aromatic heterocycles. The highest BCUT2D eigenvalue weighted by atomic mass is 16.1. The Bertz CT molecular complexity index is 873. The summed E-state index contributed by atoms with van der Waals surface area (Å²) in [5, 5.41) is 7.03. The third kappa shape index (κ3) is 3.48. The molecule has 0 saturated carbocycles. The lowest BCUT2D eigenvalue weighted by molar-refractivity contribution is 0.0948. The zero-order valence-corrected chi connectivity index (χ0v) is 13.7. The third-order valence-electron chi connectivity index (χ3n) is 3.50. The summed E-state index contributed by atoms with van der Waals surface area (Å²) >= 11 is 0. The van der Waals surface area contributed by atoms with E-state index >= 15 is 0 Å². The summed E-state index contributed by atoms with van der Waals surface area (Å²) in [5.74, 6) is 0.191. The van der Waals surface area contributed by atoms with Crippen LogP contribution in [-0.4, -0.2) is 27.4 Å². The number of carbonyl (C=O) groups excluding carboxylic acids is 1. The Morgan fingerprint density at radius 1 is 1.17 bits per heavy atom. The average Bonchev–Trinajstić information content (AvgIpc) is 2.59. The number of pyridine rings is 1. The molecule has 0 saturated heterocycles. The van der Waals surface area contributed by atoms with Gasteiger partial charge >= 0.3 is 0 Å². The summed E-state index contributed by atoms with van der Waals surface area (Å²) in [6.07, 6.45) is 2.62. The van der Waals surface area contributed by atoms with Crippen LogP contribution in [0.3, 0.4) is 0 Å². The van der Waals surface area contributed by atoms with Gasteiger partial charge in [0.2, 0.25) is 5.95 Å². The van der Waals surface area contributed by atoms with Gasteiger partial charge in [-0.3, -0.25) is 9.78 Å². The van der Waals surface area contributed by atoms with Crippen molar-refractivity contribution in [3.05, 3.63) is 54.0 Å². The number of hydrogen-bond donors (Lipinski definition) is 2. The van der Waals surface area contributed by atoms with Gasteiger partial charge in [0, 0.05) is 23.8 Å². The molecule has 0 atom stereocenters. The van der Waals surface area contributed by atoms with Crippen molar-refractivity contribution >= 4 is 28.4 Å². The number of carbonyl (C=O) groups is 1. The van der Waals surface area contributed by atoms with Crippen LogP contribution in [0.1, 0.15) is 29.5 Å². The van der Waals surface area contributed by atoms with E-state index < -0.39 is 0 Å². The number of aryl methyl sites for hydroxylation is 1. The second kappa shape index (κ2) is 7.04. The number of aromatic nitrogens is 3. The second-order valence-electron chi connectivity index (χ2n) is 5.48. The molecule has 1 amide bonds. The molecule has 2 heterocycles. The van der Waals surface area contributed by atoms with E-state index in [1.54, 1.807) is 12.3 Å². The number of nitrogens with zero attached hydrogens (tertiary/aromatic N) is 3. The fourth-order valence-corrected chi connectivity index (χ4v) is 2.40. The second-order valence-corrected chi connectivity index (χ2v) is 5.48. The fraction of sp³-hybridized carbons (Fsp3) is 0.222. The molecule has 0 radical (unpaired) electrons. The molecule has 3 aromatic rings. The molecule has 0 unspecified atom stereocenters. The zero-order chi connectivity index (χ0) is 16.9. The molecule has 0 aliphatic carbocycles. The molecule has 0 spiro atoms. The summed E-state index contributed by atoms with van der Waals surface area (Å²) in [6.45, 7) is 4.47. The largest absolute Gasteiger partial charge is 0.351 e. The van der Waals surface area contributed by atoms with Gasteiger partial charge in [0.15, 0.2) is 0 Å². The lowest BCUT2D eigenvalue weighted by Gasteiger charge is -2.10. The summed E-state index contributed by atoms with van der Waals surface area (Å²) in [5.41, 5.74) is 2.72. The first-order valence-corrected chi connectivity index (χ1v) is 7.92. The molecule has 6 nitrogen and oxygen atoms in total. The highest BCUT2D eigenvalue weighted by Gasteiger charge is 2.11. The van der Waals surface area contributed by atoms with E-state index in [0.717, 1.165) is 28.7 Å². The predicted molar refractivity (Wildman–Crippen MR) is 94.4 cm³/mol. The Kier molecular flexibility index (Phi) is 4.65. The van der Waals surface area contributed by atoms with Crippen molar-refractivity contribution in [1.29, 1.82) is 0 Å². The molecule has 0 aliphatic rings. The van der Waals surface area contributed by atoms with Crippen molar-refractivity contribution < 1.29 is 4.79 Å². The van der Waals surface area contributed by atoms with Crippen LogP contribution in [-0.2, 0) is 0 Å². The van der Waals surface area contributed by atoms with Gasteiger partial charge in [-0.1, -0.05) is 25.1 Å². The normalized spacial score (nSPS) is 10.6. The zero-order valence-electron chi connectivity index (χ0n) is 13.7. The number of rotatable bonds is 5. The minimum atomic E-state index is -0.193. The van der Waals surface area contributed by atoms with Gasteiger partial charge in [-0.2, -0.15) is 0 Å². The minimum absolute atomic E-state index is 0.193. The number of para-hydroxylation sites is 1. The molecular formula is C18H19N5O. The maximum Gasteiger partial charge on any atom is 0.270 e. The van der Waals surface area contributed by atoms with Crippen LogP contribution in [0.25, 0.3) is 10.9 Å². The van der Waals surface area contributed by atoms with Gasteiger partial charge in [-0.05, 0) is 31.5 Å². The van der Waals surface area contributed by atoms with Crippen LogP contribution < -0.4 is 10.6 Å². The van der Waals surface area contributed by atoms with E-state index in [0.29, 0.717) is 18.2 Å². The predicted octanol–water partition coefficient (Wildman–Crippen LogP) is 3.22. The number of nitrogens with one attached hydrogen (secondary N) is 2. The van der Waals surface area contributed by atoms with Gasteiger partial charge in [-0.25, -0.2) is 9.97 Å². The standard InChI is InChI=1S/C18H19N5O/c1-3-9-20-17(24)15-11-12(2)21-18(23-15)22-14-8-4-6-13-7-5-10-19-16(13)14/h4-8,10-11H,3,9H2,1-2H3,(H,20,24)(H,21,22,23). The van der Waals surface area contributed by atoms with Crippen molar-refractivity contribution in [1.82, 2.24) is 20.3 Å². The summed E-state index contributed by atoms with van der Waals surface area (Å²) in [7, 11) is 0. The first kappa shape index (κ1) is 15.9. The number of hydrogen-bond acceptors (Lipinski definition) is 5. The summed E-state index contributed by atoms with van der Waals surface area (Å²) < 4.78 is 0. The number of amides is 1. The van der Waals surface area contributed by atoms with Crippen molar-refractivity contribution in [2.75, 3.05) is 11.9 Å². The van der Waals surface area contributed by atoms with Gasteiger partial charge in [0.1, 0.15) is 5.69 Å². The van der Waals surface area contributed by atoms with Crippen LogP contribution in [0.5, 0.6) is 0 Å². The lowest BCUT2D eigenvalue weighted by Crippen LogP contribution is -2.25. The Labute approximate surface area is 140 Å². The van der Waals surface area contributed by atoms with Crippen LogP contribution in [0.4, 0.5) is 11.6 Å². The van der Waals surface area contributed by atoms with Crippen LogP contribution >= 0.6 is 0 Å². The molecule has 0 bridgehead atoms. The molecule has 3 rings (SSSR count). The first-order chi connectivity index (χ1) is 11.7. The molecular weight excluding hydrogens is 302 g/mol. The molecule has 0 aliphatic heterocycles. The highest BCUT2D eigenvalue weighted by Crippen LogP contribution is 2.23. The van der Waals surface area contributed by atoms with E-state index in [-0.39, 0.29) is 5.91 Å². The lowest BCUT2D eigenvalue weighted by atomic mass is 10.2. The fourth-order valence-electron chi connectivity index (χ4n) is 2.40. The number of anilines is 2. The van der Waals surface area contributed by atoms with E-state index in [9.17, 15) is 4.79 Å². The topological polar surface area (TPSA) is 79.8 Å². The maximum atomic E-state index is 12.1. The highest BCUT2D eigenvalue weighted by molar-refractivity contribution is 5.93. The Morgan fingerprint density at radius 3 is 2.83 bits per heavy atom. The number of benzene rings is 1. The molecule has 2 N–H and O–H groups in total. The smallest absolute Gasteiger partial charge is 0.270 e. The monoisotopic (exact) mass is 321 g/mol. The van der Waals surface area contributed by atoms with Crippen LogP contribution in [0, 0.1) is 6.92 Å². The molecule has 24 heavy (non-hydrogen) atoms. The summed E-state index contributed by atoms with van der Waals surface area (Å²) in [4.78, 5) is 25.2. The molecule has 1 aromatic carbocycles. The third-order valence-corrected chi connectivity index (χ3v) is 3.50. The first-order valence-electron chi connectivity index (χ1n) is 7.92.